The van der Waals surface area contributed by atoms with E-state index in [9.17, 15) is 9.59 Å². The van der Waals surface area contributed by atoms with Crippen molar-refractivity contribution in [3.8, 4) is 0 Å². The van der Waals surface area contributed by atoms with Crippen LogP contribution in [-0.4, -0.2) is 29.5 Å². The van der Waals surface area contributed by atoms with Crippen molar-refractivity contribution in [1.82, 2.24) is 10.3 Å². The fraction of sp³-hybridized carbons (Fsp3) is 0.235. The molecule has 0 bridgehead atoms. The highest BCUT2D eigenvalue weighted by molar-refractivity contribution is 8.76. The number of nitrogens with zero attached hydrogens (tertiary/aromatic N) is 1. The highest BCUT2D eigenvalue weighted by atomic mass is 33.1. The molecule has 0 fully saturated rings. The molecule has 0 spiro atoms. The number of aromatic nitrogens is 1. The van der Waals surface area contributed by atoms with Crippen LogP contribution in [0.3, 0.4) is 0 Å². The Morgan fingerprint density at radius 3 is 2.88 bits per heavy atom. The van der Waals surface area contributed by atoms with E-state index in [0.717, 1.165) is 16.3 Å². The predicted octanol–water partition coefficient (Wildman–Crippen LogP) is 2.61. The number of pyridine rings is 1. The lowest BCUT2D eigenvalue weighted by Gasteiger charge is -2.06. The van der Waals surface area contributed by atoms with Crippen LogP contribution in [0.2, 0.25) is 0 Å². The molecular formula is C17H18N3O2S2. The van der Waals surface area contributed by atoms with Crippen LogP contribution in [-0.2, 0) is 16.0 Å². The smallest absolute Gasteiger partial charge is 0.235 e. The number of benzene rings is 1. The number of nitrogens with one attached hydrogen (secondary N) is 1. The van der Waals surface area contributed by atoms with Gasteiger partial charge in [0, 0.05) is 36.2 Å². The molecule has 24 heavy (non-hydrogen) atoms. The minimum Gasteiger partial charge on any atom is -0.398 e. The van der Waals surface area contributed by atoms with Crippen LogP contribution >= 0.6 is 21.6 Å². The van der Waals surface area contributed by atoms with Gasteiger partial charge in [-0.25, -0.2) is 4.98 Å². The zero-order valence-corrected chi connectivity index (χ0v) is 14.7. The summed E-state index contributed by atoms with van der Waals surface area (Å²) in [6.07, 6.45) is 4.67. The Morgan fingerprint density at radius 2 is 2.17 bits per heavy atom. The maximum absolute atomic E-state index is 11.8. The molecule has 0 aliphatic rings. The molecule has 5 nitrogen and oxygen atoms in total. The van der Waals surface area contributed by atoms with Crippen LogP contribution in [0.25, 0.3) is 0 Å². The fourth-order valence-electron chi connectivity index (χ4n) is 1.93. The van der Waals surface area contributed by atoms with Crippen molar-refractivity contribution in [3.05, 3.63) is 53.7 Å². The lowest BCUT2D eigenvalue weighted by atomic mass is 10.1. The summed E-state index contributed by atoms with van der Waals surface area (Å²) in [5.41, 5.74) is 7.49. The van der Waals surface area contributed by atoms with E-state index in [2.05, 4.69) is 10.3 Å². The number of rotatable bonds is 9. The molecule has 0 saturated heterocycles. The molecule has 0 saturated carbocycles. The fourth-order valence-corrected chi connectivity index (χ4v) is 3.80. The van der Waals surface area contributed by atoms with Gasteiger partial charge >= 0.3 is 0 Å². The van der Waals surface area contributed by atoms with Crippen LogP contribution in [0.4, 0.5) is 5.69 Å². The van der Waals surface area contributed by atoms with Crippen LogP contribution in [0.1, 0.15) is 17.5 Å². The zero-order valence-electron chi connectivity index (χ0n) is 13.0. The Labute approximate surface area is 149 Å². The number of anilines is 1. The van der Waals surface area contributed by atoms with E-state index in [1.54, 1.807) is 46.2 Å². The number of amides is 1. The number of hydrogen-bond donors (Lipinski definition) is 2. The van der Waals surface area contributed by atoms with Gasteiger partial charge in [0.05, 0.1) is 0 Å². The standard InChI is InChI=1S/C17H18N3O2S2/c18-15-11-13(4-5-14(15)12-21)6-9-19-16(22)7-10-23-24-17-3-1-2-8-20-17/h1-5,8,11H,6-7,9-10,18H2,(H,19,22). The maximum atomic E-state index is 11.8. The summed E-state index contributed by atoms with van der Waals surface area (Å²) in [6, 6.07) is 11.0. The van der Waals surface area contributed by atoms with Crippen molar-refractivity contribution in [2.75, 3.05) is 18.0 Å². The van der Waals surface area contributed by atoms with Gasteiger partial charge in [-0.2, -0.15) is 0 Å². The zero-order chi connectivity index (χ0) is 17.2. The Balaban J connectivity index is 1.61. The third-order valence-electron chi connectivity index (χ3n) is 3.16. The van der Waals surface area contributed by atoms with Crippen LogP contribution < -0.4 is 11.1 Å². The molecule has 3 N–H and O–H groups in total. The summed E-state index contributed by atoms with van der Waals surface area (Å²) in [4.78, 5) is 26.6. The van der Waals surface area contributed by atoms with E-state index in [4.69, 9.17) is 5.73 Å². The minimum atomic E-state index is 0.0231. The first-order valence-electron chi connectivity index (χ1n) is 7.43. The molecule has 7 heteroatoms. The van der Waals surface area contributed by atoms with Gasteiger partial charge in [0.2, 0.25) is 12.2 Å². The van der Waals surface area contributed by atoms with E-state index < -0.39 is 0 Å². The van der Waals surface area contributed by atoms with Crippen LogP contribution in [0.15, 0.2) is 47.6 Å². The monoisotopic (exact) mass is 360 g/mol. The predicted molar refractivity (Wildman–Crippen MR) is 99.5 cm³/mol. The van der Waals surface area contributed by atoms with Gasteiger partial charge in [-0.15, -0.1) is 0 Å². The first kappa shape index (κ1) is 18.4. The largest absolute Gasteiger partial charge is 0.398 e. The third-order valence-corrected chi connectivity index (χ3v) is 5.42. The minimum absolute atomic E-state index is 0.0231. The van der Waals surface area contributed by atoms with E-state index in [0.29, 0.717) is 30.6 Å². The summed E-state index contributed by atoms with van der Waals surface area (Å²) in [5, 5.41) is 3.82. The first-order valence-corrected chi connectivity index (χ1v) is 9.74. The molecule has 1 aromatic carbocycles. The molecule has 125 valence electrons. The number of nitrogen functional groups attached to an aromatic ring is 1. The Morgan fingerprint density at radius 1 is 1.29 bits per heavy atom. The summed E-state index contributed by atoms with van der Waals surface area (Å²) in [7, 11) is 3.18. The second kappa shape index (κ2) is 10.00. The van der Waals surface area contributed by atoms with Crippen molar-refractivity contribution < 1.29 is 9.59 Å². The molecule has 0 atom stereocenters. The lowest BCUT2D eigenvalue weighted by Crippen LogP contribution is -2.25. The maximum Gasteiger partial charge on any atom is 0.235 e. The molecule has 1 heterocycles. The van der Waals surface area contributed by atoms with Gasteiger partial charge in [0.1, 0.15) is 5.03 Å². The van der Waals surface area contributed by atoms with E-state index in [-0.39, 0.29) is 5.91 Å². The van der Waals surface area contributed by atoms with Gasteiger partial charge in [-0.1, -0.05) is 22.9 Å². The van der Waals surface area contributed by atoms with E-state index in [1.807, 2.05) is 24.3 Å². The van der Waals surface area contributed by atoms with E-state index >= 15 is 0 Å². The molecule has 1 aromatic heterocycles. The molecule has 2 rings (SSSR count). The van der Waals surface area contributed by atoms with E-state index in [1.165, 1.54) is 0 Å². The molecule has 0 unspecified atom stereocenters. The average Bonchev–Trinajstić information content (AvgIpc) is 2.60. The second-order valence-corrected chi connectivity index (χ2v) is 7.38. The Bertz CT molecular complexity index is 681. The summed E-state index contributed by atoms with van der Waals surface area (Å²) >= 11 is 0. The quantitative estimate of drug-likeness (QED) is 0.406. The van der Waals surface area contributed by atoms with Crippen LogP contribution in [0.5, 0.6) is 0 Å². The molecule has 0 aliphatic heterocycles. The number of nitrogens with two attached hydrogens (primary N) is 1. The van der Waals surface area contributed by atoms with Gasteiger partial charge in [-0.3, -0.25) is 9.59 Å². The van der Waals surface area contributed by atoms with Crippen molar-refractivity contribution in [2.24, 2.45) is 0 Å². The van der Waals surface area contributed by atoms with Gasteiger partial charge < -0.3 is 11.1 Å². The van der Waals surface area contributed by atoms with Crippen molar-refractivity contribution >= 4 is 39.5 Å². The van der Waals surface area contributed by atoms with Crippen molar-refractivity contribution in [2.45, 2.75) is 17.9 Å². The molecule has 0 aliphatic carbocycles. The van der Waals surface area contributed by atoms with Crippen molar-refractivity contribution in [1.29, 1.82) is 0 Å². The topological polar surface area (TPSA) is 85.1 Å². The van der Waals surface area contributed by atoms with Gasteiger partial charge in [0.15, 0.2) is 0 Å². The first-order chi connectivity index (χ1) is 11.7. The van der Waals surface area contributed by atoms with Crippen LogP contribution in [0, 0.1) is 0 Å². The molecular weight excluding hydrogens is 342 g/mol. The number of carbonyl (C=O) groups excluding carboxylic acids is 2. The van der Waals surface area contributed by atoms with Gasteiger partial charge in [0.25, 0.3) is 0 Å². The highest BCUT2D eigenvalue weighted by Gasteiger charge is 2.04. The Hall–Kier alpha value is -1.99. The van der Waals surface area contributed by atoms with Gasteiger partial charge in [-0.05, 0) is 47.0 Å². The number of carbonyl (C=O) groups is 1. The summed E-state index contributed by atoms with van der Waals surface area (Å²) in [5.74, 6) is 0.749. The molecule has 2 aromatic rings. The number of hydrogen-bond acceptors (Lipinski definition) is 6. The molecule has 1 amide bonds. The average molecular weight is 360 g/mol. The third kappa shape index (κ3) is 6.25. The van der Waals surface area contributed by atoms with Crippen molar-refractivity contribution in [3.63, 3.8) is 0 Å². The summed E-state index contributed by atoms with van der Waals surface area (Å²) in [6.45, 7) is 0.542. The SMILES string of the molecule is Nc1cc(CCNC(=O)CCSSc2ccccn2)ccc1[C]=O. The highest BCUT2D eigenvalue weighted by Crippen LogP contribution is 2.29. The Kier molecular flexibility index (Phi) is 7.64. The second-order valence-electron chi connectivity index (χ2n) is 4.95. The normalized spacial score (nSPS) is 10.3. The lowest BCUT2D eigenvalue weighted by molar-refractivity contribution is -0.120. The molecule has 1 radical (unpaired) electrons. The summed E-state index contributed by atoms with van der Waals surface area (Å²) < 4.78 is 0.